The molecule has 2 atom stereocenters. The number of hydrogen-bond acceptors (Lipinski definition) is 5. The van der Waals surface area contributed by atoms with E-state index in [1.54, 1.807) is 0 Å². The highest BCUT2D eigenvalue weighted by atomic mass is 16.9. The van der Waals surface area contributed by atoms with E-state index < -0.39 is 5.09 Å². The van der Waals surface area contributed by atoms with Gasteiger partial charge < -0.3 is 15.1 Å². The maximum absolute atomic E-state index is 10.4. The Bertz CT molecular complexity index is 680. The van der Waals surface area contributed by atoms with Gasteiger partial charge in [0.15, 0.2) is 0 Å². The average molecular weight is 333 g/mol. The predicted molar refractivity (Wildman–Crippen MR) is 90.5 cm³/mol. The predicted octanol–water partition coefficient (Wildman–Crippen LogP) is 3.86. The van der Waals surface area contributed by atoms with Crippen LogP contribution < -0.4 is 0 Å². The minimum atomic E-state index is -0.844. The number of rotatable bonds is 6. The number of benzene rings is 1. The second-order valence-electron chi connectivity index (χ2n) is 6.37. The number of hydrogen-bond donors (Lipinski definition) is 2. The Morgan fingerprint density at radius 1 is 1.46 bits per heavy atom. The van der Waals surface area contributed by atoms with Crippen LogP contribution in [0.15, 0.2) is 35.9 Å². The number of nitrogens with zero attached hydrogens (tertiary/aromatic N) is 1. The normalized spacial score (nSPS) is 20.3. The highest BCUT2D eigenvalue weighted by molar-refractivity contribution is 5.50. The molecule has 130 valence electrons. The van der Waals surface area contributed by atoms with Crippen molar-refractivity contribution in [3.05, 3.63) is 57.2 Å². The van der Waals surface area contributed by atoms with E-state index in [0.29, 0.717) is 11.1 Å². The molecule has 24 heavy (non-hydrogen) atoms. The van der Waals surface area contributed by atoms with Crippen LogP contribution in [0.5, 0.6) is 11.5 Å². The minimum absolute atomic E-state index is 0.00620. The quantitative estimate of drug-likeness (QED) is 0.468. The Morgan fingerprint density at radius 2 is 2.17 bits per heavy atom. The van der Waals surface area contributed by atoms with E-state index in [0.717, 1.165) is 18.4 Å². The summed E-state index contributed by atoms with van der Waals surface area (Å²) in [6.45, 7) is 7.96. The second-order valence-corrected chi connectivity index (χ2v) is 6.37. The molecular formula is C18H23NO5. The van der Waals surface area contributed by atoms with E-state index in [9.17, 15) is 20.3 Å². The lowest BCUT2D eigenvalue weighted by Crippen LogP contribution is -2.19. The Balaban J connectivity index is 2.44. The van der Waals surface area contributed by atoms with Crippen LogP contribution in [-0.2, 0) is 11.3 Å². The first-order chi connectivity index (χ1) is 11.3. The molecule has 0 fully saturated rings. The van der Waals surface area contributed by atoms with Crippen molar-refractivity contribution < 1.29 is 20.1 Å². The lowest BCUT2D eigenvalue weighted by atomic mass is 9.72. The van der Waals surface area contributed by atoms with Gasteiger partial charge in [-0.1, -0.05) is 23.8 Å². The van der Waals surface area contributed by atoms with Crippen LogP contribution in [0.2, 0.25) is 0 Å². The summed E-state index contributed by atoms with van der Waals surface area (Å²) in [5, 5.41) is 29.7. The largest absolute Gasteiger partial charge is 0.508 e. The smallest absolute Gasteiger partial charge is 0.294 e. The molecule has 0 spiro atoms. The average Bonchev–Trinajstić information content (AvgIpc) is 2.45. The molecule has 2 rings (SSSR count). The Labute approximate surface area is 141 Å². The fourth-order valence-electron chi connectivity index (χ4n) is 3.41. The van der Waals surface area contributed by atoms with E-state index >= 15 is 0 Å². The van der Waals surface area contributed by atoms with Crippen molar-refractivity contribution in [1.82, 2.24) is 0 Å². The third-order valence-corrected chi connectivity index (χ3v) is 4.51. The van der Waals surface area contributed by atoms with Crippen molar-refractivity contribution >= 4 is 0 Å². The summed E-state index contributed by atoms with van der Waals surface area (Å²) in [6, 6.07) is 2.84. The third kappa shape index (κ3) is 4.07. The Morgan fingerprint density at radius 3 is 2.79 bits per heavy atom. The van der Waals surface area contributed by atoms with Crippen LogP contribution in [0.3, 0.4) is 0 Å². The molecule has 1 aromatic carbocycles. The van der Waals surface area contributed by atoms with Crippen molar-refractivity contribution in [2.75, 3.05) is 6.61 Å². The van der Waals surface area contributed by atoms with Gasteiger partial charge in [-0.15, -0.1) is 10.1 Å². The van der Waals surface area contributed by atoms with E-state index in [4.69, 9.17) is 0 Å². The molecule has 0 radical (unpaired) electrons. The molecule has 0 saturated carbocycles. The summed E-state index contributed by atoms with van der Waals surface area (Å²) in [6.07, 6.45) is 4.26. The van der Waals surface area contributed by atoms with Gasteiger partial charge in [-0.3, -0.25) is 0 Å². The summed E-state index contributed by atoms with van der Waals surface area (Å²) in [4.78, 5) is 14.7. The van der Waals surface area contributed by atoms with Gasteiger partial charge >= 0.3 is 0 Å². The van der Waals surface area contributed by atoms with Gasteiger partial charge in [-0.25, -0.2) is 0 Å². The molecule has 0 bridgehead atoms. The van der Waals surface area contributed by atoms with Crippen molar-refractivity contribution in [3.8, 4) is 11.5 Å². The highest BCUT2D eigenvalue weighted by Gasteiger charge is 2.29. The fourth-order valence-corrected chi connectivity index (χ4v) is 3.41. The van der Waals surface area contributed by atoms with Crippen LogP contribution in [-0.4, -0.2) is 21.9 Å². The van der Waals surface area contributed by atoms with Gasteiger partial charge in [-0.2, -0.15) is 0 Å². The number of phenols is 2. The molecule has 6 nitrogen and oxygen atoms in total. The van der Waals surface area contributed by atoms with Crippen molar-refractivity contribution in [1.29, 1.82) is 0 Å². The van der Waals surface area contributed by atoms with Crippen LogP contribution in [0.4, 0.5) is 0 Å². The van der Waals surface area contributed by atoms with E-state index in [1.165, 1.54) is 17.7 Å². The van der Waals surface area contributed by atoms with Crippen LogP contribution in [0.1, 0.15) is 43.7 Å². The van der Waals surface area contributed by atoms with E-state index in [1.807, 2.05) is 6.92 Å². The molecule has 1 aliphatic rings. The molecule has 0 aliphatic heterocycles. The molecule has 2 N–H and O–H groups in total. The SMILES string of the molecule is C=C(C)[C@@H]1CCC(C)=C[C@H]1c1c(O)cc(O)cc1CCO[N+](=O)[O-]. The lowest BCUT2D eigenvalue weighted by Gasteiger charge is -2.32. The second kappa shape index (κ2) is 7.38. The summed E-state index contributed by atoms with van der Waals surface area (Å²) in [7, 11) is 0. The first kappa shape index (κ1) is 17.8. The molecule has 0 unspecified atom stereocenters. The van der Waals surface area contributed by atoms with Gasteiger partial charge in [-0.05, 0) is 50.7 Å². The first-order valence-corrected chi connectivity index (χ1v) is 7.94. The fraction of sp³-hybridized carbons (Fsp3) is 0.444. The summed E-state index contributed by atoms with van der Waals surface area (Å²) in [5.41, 5.74) is 3.60. The third-order valence-electron chi connectivity index (χ3n) is 4.51. The van der Waals surface area contributed by atoms with Gasteiger partial charge in [0.25, 0.3) is 5.09 Å². The molecule has 0 aromatic heterocycles. The molecule has 1 aliphatic carbocycles. The zero-order valence-corrected chi connectivity index (χ0v) is 14.0. The summed E-state index contributed by atoms with van der Waals surface area (Å²) < 4.78 is 0. The van der Waals surface area contributed by atoms with Gasteiger partial charge in [0.1, 0.15) is 18.1 Å². The summed E-state index contributed by atoms with van der Waals surface area (Å²) in [5.74, 6) is 0.0332. The van der Waals surface area contributed by atoms with Crippen LogP contribution in [0, 0.1) is 16.0 Å². The van der Waals surface area contributed by atoms with E-state index in [2.05, 4.69) is 24.4 Å². The minimum Gasteiger partial charge on any atom is -0.508 e. The molecule has 0 amide bonds. The first-order valence-electron chi connectivity index (χ1n) is 7.94. The number of aromatic hydroxyl groups is 2. The molecular weight excluding hydrogens is 310 g/mol. The Kier molecular flexibility index (Phi) is 5.49. The Hall–Kier alpha value is -2.50. The maximum Gasteiger partial charge on any atom is 0.294 e. The summed E-state index contributed by atoms with van der Waals surface area (Å²) >= 11 is 0. The molecule has 6 heteroatoms. The van der Waals surface area contributed by atoms with Gasteiger partial charge in [0, 0.05) is 17.5 Å². The molecule has 0 saturated heterocycles. The lowest BCUT2D eigenvalue weighted by molar-refractivity contribution is -0.757. The molecule has 1 aromatic rings. The van der Waals surface area contributed by atoms with Gasteiger partial charge in [0.05, 0.1) is 0 Å². The van der Waals surface area contributed by atoms with E-state index in [-0.39, 0.29) is 36.4 Å². The van der Waals surface area contributed by atoms with Gasteiger partial charge in [0.2, 0.25) is 0 Å². The topological polar surface area (TPSA) is 92.8 Å². The highest BCUT2D eigenvalue weighted by Crippen LogP contribution is 2.45. The van der Waals surface area contributed by atoms with Crippen molar-refractivity contribution in [2.45, 2.75) is 39.0 Å². The van der Waals surface area contributed by atoms with Crippen LogP contribution in [0.25, 0.3) is 0 Å². The number of allylic oxidation sites excluding steroid dienone is 3. The zero-order valence-electron chi connectivity index (χ0n) is 14.0. The number of phenolic OH excluding ortho intramolecular Hbond substituents is 2. The van der Waals surface area contributed by atoms with Crippen molar-refractivity contribution in [2.24, 2.45) is 5.92 Å². The maximum atomic E-state index is 10.4. The zero-order chi connectivity index (χ0) is 17.9. The monoisotopic (exact) mass is 333 g/mol. The van der Waals surface area contributed by atoms with Crippen LogP contribution >= 0.6 is 0 Å². The van der Waals surface area contributed by atoms with Crippen molar-refractivity contribution in [3.63, 3.8) is 0 Å². The standard InChI is InChI=1S/C18H23NO5/c1-11(2)15-5-4-12(3)8-16(15)18-13(6-7-24-19(22)23)9-14(20)10-17(18)21/h8-10,15-16,20-21H,1,4-7H2,2-3H3/t15-,16+/m0/s1. The molecule has 0 heterocycles.